The molecule has 17 heavy (non-hydrogen) atoms. The molecule has 0 aliphatic heterocycles. The first-order valence-corrected chi connectivity index (χ1v) is 6.74. The van der Waals surface area contributed by atoms with Gasteiger partial charge in [0.15, 0.2) is 0 Å². The number of aliphatic hydroxyl groups excluding tert-OH is 1. The fourth-order valence-electron chi connectivity index (χ4n) is 2.30. The van der Waals surface area contributed by atoms with E-state index in [-0.39, 0.29) is 18.1 Å². The predicted octanol–water partition coefficient (Wildman–Crippen LogP) is 1.04. The highest BCUT2D eigenvalue weighted by Gasteiger charge is 2.33. The lowest BCUT2D eigenvalue weighted by atomic mass is 9.77. The van der Waals surface area contributed by atoms with Gasteiger partial charge in [-0.2, -0.15) is 0 Å². The van der Waals surface area contributed by atoms with Crippen LogP contribution in [-0.2, 0) is 4.79 Å². The first-order valence-electron chi connectivity index (χ1n) is 6.74. The molecule has 0 saturated heterocycles. The van der Waals surface area contributed by atoms with Crippen LogP contribution < -0.4 is 10.6 Å². The molecule has 1 aliphatic rings. The van der Waals surface area contributed by atoms with Crippen LogP contribution in [0.4, 0.5) is 0 Å². The summed E-state index contributed by atoms with van der Waals surface area (Å²) in [6, 6.07) is 0. The van der Waals surface area contributed by atoms with Crippen LogP contribution in [0.1, 0.15) is 46.0 Å². The maximum absolute atomic E-state index is 11.5. The van der Waals surface area contributed by atoms with Crippen molar-refractivity contribution in [3.05, 3.63) is 0 Å². The number of nitrogens with one attached hydrogen (secondary N) is 2. The van der Waals surface area contributed by atoms with Gasteiger partial charge in [0.05, 0.1) is 13.2 Å². The summed E-state index contributed by atoms with van der Waals surface area (Å²) in [5.74, 6) is 0.767. The molecule has 0 radical (unpaired) electrons. The van der Waals surface area contributed by atoms with Crippen LogP contribution in [0.25, 0.3) is 0 Å². The summed E-state index contributed by atoms with van der Waals surface area (Å²) in [6.45, 7) is 5.44. The molecule has 0 aromatic heterocycles. The molecule has 4 heteroatoms. The summed E-state index contributed by atoms with van der Waals surface area (Å²) in [4.78, 5) is 11.5. The molecule has 4 nitrogen and oxygen atoms in total. The number of aliphatic hydroxyl groups is 1. The van der Waals surface area contributed by atoms with Crippen molar-refractivity contribution in [2.24, 2.45) is 5.92 Å². The van der Waals surface area contributed by atoms with Crippen LogP contribution in [0, 0.1) is 5.92 Å². The lowest BCUT2D eigenvalue weighted by Crippen LogP contribution is -2.53. The standard InChI is InChI=1S/C13H26N2O2/c1-3-8-14-12(17)9-15-13(10-16)6-4-11(2)5-7-13/h11,15-16H,3-10H2,1-2H3,(H,14,17). The molecule has 1 rings (SSSR count). The van der Waals surface area contributed by atoms with E-state index in [0.717, 1.165) is 44.6 Å². The van der Waals surface area contributed by atoms with E-state index in [1.54, 1.807) is 0 Å². The SMILES string of the molecule is CCCNC(=O)CNC1(CO)CCC(C)CC1. The van der Waals surface area contributed by atoms with Gasteiger partial charge in [-0.05, 0) is 38.0 Å². The lowest BCUT2D eigenvalue weighted by molar-refractivity contribution is -0.120. The Labute approximate surface area is 104 Å². The normalized spacial score (nSPS) is 29.0. The van der Waals surface area contributed by atoms with E-state index in [0.29, 0.717) is 6.54 Å². The van der Waals surface area contributed by atoms with E-state index in [9.17, 15) is 9.90 Å². The quantitative estimate of drug-likeness (QED) is 0.652. The molecule has 1 saturated carbocycles. The van der Waals surface area contributed by atoms with E-state index in [2.05, 4.69) is 17.6 Å². The Bertz CT molecular complexity index is 236. The van der Waals surface area contributed by atoms with E-state index in [1.165, 1.54) is 0 Å². The van der Waals surface area contributed by atoms with Crippen molar-refractivity contribution >= 4 is 5.91 Å². The third kappa shape index (κ3) is 4.64. The first-order chi connectivity index (χ1) is 8.12. The maximum atomic E-state index is 11.5. The molecule has 0 heterocycles. The van der Waals surface area contributed by atoms with Gasteiger partial charge in [-0.15, -0.1) is 0 Å². The molecule has 100 valence electrons. The number of amides is 1. The van der Waals surface area contributed by atoms with Crippen molar-refractivity contribution in [2.75, 3.05) is 19.7 Å². The van der Waals surface area contributed by atoms with Crippen molar-refractivity contribution in [1.82, 2.24) is 10.6 Å². The lowest BCUT2D eigenvalue weighted by Gasteiger charge is -2.38. The molecule has 0 unspecified atom stereocenters. The molecule has 0 atom stereocenters. The monoisotopic (exact) mass is 242 g/mol. The molecule has 1 aliphatic carbocycles. The molecule has 0 aromatic carbocycles. The fraction of sp³-hybridized carbons (Fsp3) is 0.923. The fourth-order valence-corrected chi connectivity index (χ4v) is 2.30. The highest BCUT2D eigenvalue weighted by molar-refractivity contribution is 5.78. The van der Waals surface area contributed by atoms with Crippen LogP contribution in [0.2, 0.25) is 0 Å². The second-order valence-electron chi connectivity index (χ2n) is 5.32. The van der Waals surface area contributed by atoms with E-state index in [1.807, 2.05) is 6.92 Å². The highest BCUT2D eigenvalue weighted by atomic mass is 16.3. The second kappa shape index (κ2) is 6.97. The third-order valence-electron chi connectivity index (χ3n) is 3.73. The van der Waals surface area contributed by atoms with Crippen LogP contribution >= 0.6 is 0 Å². The Morgan fingerprint density at radius 2 is 2.06 bits per heavy atom. The summed E-state index contributed by atoms with van der Waals surface area (Å²) in [7, 11) is 0. The number of hydrogen-bond donors (Lipinski definition) is 3. The van der Waals surface area contributed by atoms with Gasteiger partial charge in [-0.25, -0.2) is 0 Å². The average Bonchev–Trinajstić information content (AvgIpc) is 2.36. The Hall–Kier alpha value is -0.610. The molecule has 3 N–H and O–H groups in total. The topological polar surface area (TPSA) is 61.4 Å². The van der Waals surface area contributed by atoms with Crippen molar-refractivity contribution in [3.63, 3.8) is 0 Å². The van der Waals surface area contributed by atoms with Gasteiger partial charge in [0, 0.05) is 12.1 Å². The van der Waals surface area contributed by atoms with Gasteiger partial charge >= 0.3 is 0 Å². The van der Waals surface area contributed by atoms with Gasteiger partial charge < -0.3 is 15.7 Å². The molecule has 0 spiro atoms. The van der Waals surface area contributed by atoms with Crippen molar-refractivity contribution < 1.29 is 9.90 Å². The molecular weight excluding hydrogens is 216 g/mol. The van der Waals surface area contributed by atoms with E-state index >= 15 is 0 Å². The minimum Gasteiger partial charge on any atom is -0.394 e. The smallest absolute Gasteiger partial charge is 0.233 e. The van der Waals surface area contributed by atoms with Gasteiger partial charge in [-0.1, -0.05) is 13.8 Å². The van der Waals surface area contributed by atoms with Crippen LogP contribution in [0.5, 0.6) is 0 Å². The predicted molar refractivity (Wildman–Crippen MR) is 68.8 cm³/mol. The largest absolute Gasteiger partial charge is 0.394 e. The molecule has 1 fully saturated rings. The summed E-state index contributed by atoms with van der Waals surface area (Å²) in [6.07, 6.45) is 5.14. The minimum absolute atomic E-state index is 0.0262. The second-order valence-corrected chi connectivity index (χ2v) is 5.32. The zero-order chi connectivity index (χ0) is 12.7. The van der Waals surface area contributed by atoms with E-state index in [4.69, 9.17) is 0 Å². The zero-order valence-electron chi connectivity index (χ0n) is 11.1. The van der Waals surface area contributed by atoms with Crippen molar-refractivity contribution in [1.29, 1.82) is 0 Å². The van der Waals surface area contributed by atoms with Crippen molar-refractivity contribution in [3.8, 4) is 0 Å². The maximum Gasteiger partial charge on any atom is 0.233 e. The van der Waals surface area contributed by atoms with E-state index < -0.39 is 0 Å². The van der Waals surface area contributed by atoms with Gasteiger partial charge in [0.25, 0.3) is 0 Å². The minimum atomic E-state index is -0.226. The molecular formula is C13H26N2O2. The number of hydrogen-bond acceptors (Lipinski definition) is 3. The van der Waals surface area contributed by atoms with Gasteiger partial charge in [0.1, 0.15) is 0 Å². The third-order valence-corrected chi connectivity index (χ3v) is 3.73. The average molecular weight is 242 g/mol. The van der Waals surface area contributed by atoms with Gasteiger partial charge in [0.2, 0.25) is 5.91 Å². The van der Waals surface area contributed by atoms with Crippen LogP contribution in [-0.4, -0.2) is 36.2 Å². The number of carbonyl (C=O) groups excluding carboxylic acids is 1. The van der Waals surface area contributed by atoms with Crippen molar-refractivity contribution in [2.45, 2.75) is 51.5 Å². The molecule has 0 bridgehead atoms. The summed E-state index contributed by atoms with van der Waals surface area (Å²) in [5.41, 5.74) is -0.226. The summed E-state index contributed by atoms with van der Waals surface area (Å²) >= 11 is 0. The zero-order valence-corrected chi connectivity index (χ0v) is 11.1. The molecule has 1 amide bonds. The van der Waals surface area contributed by atoms with Crippen LogP contribution in [0.3, 0.4) is 0 Å². The highest BCUT2D eigenvalue weighted by Crippen LogP contribution is 2.31. The number of rotatable bonds is 6. The van der Waals surface area contributed by atoms with Crippen LogP contribution in [0.15, 0.2) is 0 Å². The van der Waals surface area contributed by atoms with Gasteiger partial charge in [-0.3, -0.25) is 4.79 Å². The Kier molecular flexibility index (Phi) is 5.92. The Morgan fingerprint density at radius 3 is 2.59 bits per heavy atom. The summed E-state index contributed by atoms with van der Waals surface area (Å²) < 4.78 is 0. The molecule has 0 aromatic rings. The number of carbonyl (C=O) groups is 1. The summed E-state index contributed by atoms with van der Waals surface area (Å²) in [5, 5.41) is 15.6. The Morgan fingerprint density at radius 1 is 1.41 bits per heavy atom. The first kappa shape index (κ1) is 14.5. The Balaban J connectivity index is 2.34.